The third kappa shape index (κ3) is 3.77. The van der Waals surface area contributed by atoms with E-state index in [-0.39, 0.29) is 151 Å². The molecule has 0 radical (unpaired) electrons. The van der Waals surface area contributed by atoms with E-state index in [0.29, 0.717) is 46.9 Å². The van der Waals surface area contributed by atoms with E-state index in [4.69, 9.17) is 38.2 Å². The molecule has 8 heteroatoms. The summed E-state index contributed by atoms with van der Waals surface area (Å²) in [7, 11) is 3.52. The minimum atomic E-state index is -1.88. The number of carbonyl (C=O) groups excluding carboxylic acids is 1. The molecule has 2 aromatic heterocycles. The molecule has 37 heavy (non-hydrogen) atoms. The number of hydrogen-bond donors (Lipinski definition) is 1. The van der Waals surface area contributed by atoms with Crippen LogP contribution in [0, 0.1) is 12.8 Å². The molecule has 1 aromatic carbocycles. The average Bonchev–Trinajstić information content (AvgIpc) is 1.52. The van der Waals surface area contributed by atoms with Gasteiger partial charge in [-0.15, -0.1) is 0 Å². The van der Waals surface area contributed by atoms with Gasteiger partial charge in [-0.3, -0.25) is 9.69 Å². The van der Waals surface area contributed by atoms with Gasteiger partial charge >= 0.3 is 5.97 Å². The Kier molecular flexibility index (Phi) is 4.01. The van der Waals surface area contributed by atoms with Gasteiger partial charge in [0.05, 0.1) is 37.5 Å². The number of rotatable bonds is 6. The van der Waals surface area contributed by atoms with Gasteiger partial charge in [-0.2, -0.15) is 0 Å². The summed E-state index contributed by atoms with van der Waals surface area (Å²) in [6, 6.07) is 4.58. The molecule has 0 amide bonds. The molecule has 8 nitrogen and oxygen atoms in total. The molecule has 0 saturated heterocycles. The number of nitrogens with zero attached hydrogens (tertiary/aromatic N) is 3. The van der Waals surface area contributed by atoms with Gasteiger partial charge in [-0.25, -0.2) is 9.78 Å². The molecule has 390 valence electrons. The van der Waals surface area contributed by atoms with E-state index in [1.54, 1.807) is 17.7 Å². The first kappa shape index (κ1) is 16.6. The van der Waals surface area contributed by atoms with Gasteiger partial charge in [0.25, 0.3) is 5.56 Å². The molecule has 2 aliphatic heterocycles. The van der Waals surface area contributed by atoms with E-state index in [9.17, 15) is 16.1 Å². The summed E-state index contributed by atoms with van der Waals surface area (Å²) >= 11 is 0. The normalized spacial score (nSPS) is 22.1. The number of cyclic esters (lactones) is 1. The fraction of sp³-hybridized carbons (Fsp3) is 0.483. The molecular formula is C29H229N3O5. The quantitative estimate of drug-likeness (QED) is 0.198. The second-order valence-corrected chi connectivity index (χ2v) is 10.6. The van der Waals surface area contributed by atoms with Crippen LogP contribution in [0.15, 0.2) is 23.0 Å². The molecule has 2 atom stereocenters. The predicted octanol–water partition coefficient (Wildman–Crippen LogP) is 27.9. The Morgan fingerprint density at radius 1 is 1.38 bits per heavy atom. The van der Waals surface area contributed by atoms with Crippen LogP contribution < -0.4 is 10.3 Å². The highest BCUT2D eigenvalue weighted by Gasteiger charge is 2.47. The summed E-state index contributed by atoms with van der Waals surface area (Å²) in [6.45, 7) is 10.4. The Bertz CT molecular complexity index is 1660. The maximum Gasteiger partial charge on any atom is 0.343 e. The Hall–Kier alpha value is -3.23. The van der Waals surface area contributed by atoms with Crippen LogP contribution in [-0.4, -0.2) is 46.2 Å². The smallest absolute Gasteiger partial charge is 0.343 e. The highest BCUT2D eigenvalue weighted by Crippen LogP contribution is 2.43. The number of pyridine rings is 2. The van der Waals surface area contributed by atoms with Gasteiger partial charge in [0.15, 0.2) is 5.60 Å². The average molecular weight is 718 g/mol. The molecule has 4 heterocycles. The van der Waals surface area contributed by atoms with Gasteiger partial charge in [0.1, 0.15) is 12.4 Å². The van der Waals surface area contributed by atoms with E-state index >= 15 is 0 Å². The maximum absolute atomic E-state index is 13.6. The van der Waals surface area contributed by atoms with Crippen molar-refractivity contribution >= 4 is 16.9 Å². The molecule has 0 bridgehead atoms. The highest BCUT2D eigenvalue weighted by atomic mass is 16.6. The number of aryl methyl sites for hydroxylation is 1. The lowest BCUT2D eigenvalue weighted by Crippen LogP contribution is -2.45. The Labute approximate surface area is 375 Å². The third-order valence-electron chi connectivity index (χ3n) is 7.76. The summed E-state index contributed by atoms with van der Waals surface area (Å²) in [5.41, 5.74) is 2.74. The number of aromatic nitrogens is 2. The summed E-state index contributed by atoms with van der Waals surface area (Å²) in [6.07, 6.45) is 0.148. The summed E-state index contributed by atoms with van der Waals surface area (Å²) in [5.74, 6) is -0.0786. The van der Waals surface area contributed by atoms with Gasteiger partial charge in [-0.05, 0) is 63.5 Å². The summed E-state index contributed by atoms with van der Waals surface area (Å²) in [5, 5.41) is 12.2. The fourth-order valence-electron chi connectivity index (χ4n) is 5.73. The van der Waals surface area contributed by atoms with Crippen molar-refractivity contribution < 1.29 is 171 Å². The predicted molar refractivity (Wildman–Crippen MR) is 347 cm³/mol. The lowest BCUT2D eigenvalue weighted by Gasteiger charge is -2.33. The van der Waals surface area contributed by atoms with Gasteiger partial charge in [0, 0.05) is 179 Å². The van der Waals surface area contributed by atoms with E-state index in [1.807, 2.05) is 58.7 Å². The summed E-state index contributed by atoms with van der Waals surface area (Å²) in [4.78, 5) is 33.3. The van der Waals surface area contributed by atoms with Crippen LogP contribution in [-0.2, 0) is 28.3 Å². The number of fused-ring (bicyclic) bond motifs is 5. The van der Waals surface area contributed by atoms with E-state index < -0.39 is 17.6 Å². The number of benzene rings is 1. The first-order chi connectivity index (χ1) is 25.8. The maximum atomic E-state index is 13.6. The minimum absolute atomic E-state index is 0. The van der Waals surface area contributed by atoms with Gasteiger partial charge in [0.2, 0.25) is 0 Å². The van der Waals surface area contributed by atoms with Crippen LogP contribution in [0.4, 0.5) is 0 Å². The molecular weight excluding hydrogens is 470 g/mol. The molecule has 1 unspecified atom stereocenters. The van der Waals surface area contributed by atoms with Crippen molar-refractivity contribution in [2.24, 2.45) is 5.92 Å². The lowest BCUT2D eigenvalue weighted by atomic mass is 9.82. The Morgan fingerprint density at radius 2 is 2.11 bits per heavy atom. The number of ether oxygens (including phenoxy) is 2. The summed E-state index contributed by atoms with van der Waals surface area (Å²) < 4.78 is 102. The zero-order chi connectivity index (χ0) is 43.7. The number of aliphatic hydroxyl groups is 1. The Morgan fingerprint density at radius 3 is 2.76 bits per heavy atom. The molecule has 0 spiro atoms. The molecule has 0 aliphatic carbocycles. The molecule has 1 N–H and O–H groups in total. The minimum Gasteiger partial charge on any atom is -0.496 e. The third-order valence-corrected chi connectivity index (χ3v) is 7.76. The second kappa shape index (κ2) is 8.96. The van der Waals surface area contributed by atoms with Crippen molar-refractivity contribution in [3.63, 3.8) is 0 Å². The van der Waals surface area contributed by atoms with Crippen molar-refractivity contribution in [1.82, 2.24) is 14.5 Å². The number of methoxy groups -OCH3 is 1. The lowest BCUT2D eigenvalue weighted by molar-refractivity contribution is -0.174. The van der Waals surface area contributed by atoms with Gasteiger partial charge in [-0.1, -0.05) is 20.8 Å². The van der Waals surface area contributed by atoms with E-state index in [2.05, 4.69) is 0 Å². The number of esters is 1. The molecule has 3 aromatic rings. The second-order valence-electron chi connectivity index (χ2n) is 10.6. The fourth-order valence-corrected chi connectivity index (χ4v) is 5.73. The van der Waals surface area contributed by atoms with Crippen LogP contribution in [0.5, 0.6) is 5.75 Å². The van der Waals surface area contributed by atoms with Crippen LogP contribution in [0.1, 0.15) is 220 Å². The van der Waals surface area contributed by atoms with Crippen molar-refractivity contribution in [3.8, 4) is 17.1 Å². The van der Waals surface area contributed by atoms with Crippen LogP contribution in [0.2, 0.25) is 0 Å². The zero-order valence-electron chi connectivity index (χ0n) is 39.6. The molecule has 2 aliphatic rings. The first-order valence-corrected chi connectivity index (χ1v) is 12.7. The van der Waals surface area contributed by atoms with Crippen LogP contribution >= 0.6 is 0 Å². The number of carbonyl (C=O) groups is 1. The monoisotopic (exact) mass is 718 g/mol. The SMILES string of the molecule is [2H]C(C)(c1c(OC)c(C)cc2nc3c(cc12)Cn1c-3cc2c(c1=O)COC(=O)[C@]2(O)CC(C)C)N(C)CC.[2H][2H].[2H][2H].[2H][2H].[2H][2H].[2H][2H].[2H][2H].[2H][2H].[2H][2H].[HH].[HH].[HH].[HH].[HH].[HH].[HH].[HH].[HH].[HH].[HH].[HH].[HH].[HH].[HH].[HH].[HH].[HH].[HH].[HH].[HH].[HH].[HH].[HH].[HH].[HH].[HH].[HH].[HH].[HH].[HH].[HH].[HH].[HH].[HH].[HH].[HH].[HH].[HH].[HH].[HH].[HH].[HH].[HH].[HH].[HH].[HH].[HH].[HH].[HH].[HH].[HH].[HH].[HH].[HH].[HH].[HH].[HH].[HH].[HH].[HH].[HH].[HH].[HH].[HH].[HH].[HH].[HH].[HH].[HH].[HH].[HH].[HH].[HH].[HH].[HH].[HH].[HH].[HH].[HH].[HH].[HH].[HH].[HH].[HH].[HH].[HH].[HH].[HH]. The Balaban J connectivity index is -0.00000000251. The molecule has 0 fully saturated rings. The molecule has 0 saturated carbocycles. The van der Waals surface area contributed by atoms with Crippen molar-refractivity contribution in [3.05, 3.63) is 56.4 Å². The van der Waals surface area contributed by atoms with E-state index in [0.717, 1.165) is 22.1 Å². The standard InChI is InChI=1S/C29H35N3O5.97H2/c1-8-31(6)17(5)24-19-10-18-13-32-23(25(18)30-22(19)9-16(4)26(24)36-7)11-21-20(27(32)33)14-37-28(34)29(21,35)12-15(2)3;;;;;;;;;;;;;;;;;;;;;;;;;;;;;;;;;;;;;;;;;;;;;;;;;;;;;;;;;;;;;;;;;;;;;;;;;;;;;;;;;;;;;;;;;;;;;;;;;/h9-11,15,17,35H,8,12-14H2,1-7H3;97*1H/t17?,29-;;;;;;;;;;;;;;;;;;;;;;;;;;;;;;;;;;;;;;;;;;;;;;;;;;;;;;;;;;;;;;;;;;;;;;;;;;;;;;;;;;;;;;;;;;;;;;;;;/m0................................................................................................./s1/i17D;8*1+1D;;;;;;;;;;;;;;;;;;;;;;;;;;;;;;;;;;;;;;;;;;;;;;;;;;;;;;;;;;;;;;;;;;;;;;;;;;;;;;;;;;;;;;;;;. The number of hydrogen-bond acceptors (Lipinski definition) is 7. The molecule has 5 rings (SSSR count). The van der Waals surface area contributed by atoms with Crippen molar-refractivity contribution in [2.45, 2.75) is 65.8 Å². The topological polar surface area (TPSA) is 93.9 Å². The van der Waals surface area contributed by atoms with Crippen LogP contribution in [0.3, 0.4) is 0 Å². The largest absolute Gasteiger partial charge is 0.496 e. The van der Waals surface area contributed by atoms with Crippen molar-refractivity contribution in [1.29, 1.82) is 0 Å². The van der Waals surface area contributed by atoms with Crippen LogP contribution in [0.25, 0.3) is 22.3 Å². The first-order valence-electron chi connectivity index (χ1n) is 21.2. The van der Waals surface area contributed by atoms with Gasteiger partial charge < -0.3 is 19.1 Å². The van der Waals surface area contributed by atoms with E-state index in [1.165, 1.54) is 0 Å². The van der Waals surface area contributed by atoms with Crippen molar-refractivity contribution in [2.75, 3.05) is 20.7 Å². The highest BCUT2D eigenvalue weighted by molar-refractivity contribution is 5.90. The zero-order valence-corrected chi connectivity index (χ0v) is 22.6.